The van der Waals surface area contributed by atoms with Gasteiger partial charge in [0.25, 0.3) is 0 Å². The second kappa shape index (κ2) is 6.33. The molecule has 0 radical (unpaired) electrons. The third-order valence-corrected chi connectivity index (χ3v) is 7.28. The Morgan fingerprint density at radius 2 is 1.88 bits per heavy atom. The highest BCUT2D eigenvalue weighted by Gasteiger charge is 2.38. The number of rotatable bonds is 4. The van der Waals surface area contributed by atoms with Gasteiger partial charge < -0.3 is 9.30 Å². The van der Waals surface area contributed by atoms with Crippen molar-refractivity contribution in [2.45, 2.75) is 17.5 Å². The van der Waals surface area contributed by atoms with Crippen molar-refractivity contribution >= 4 is 21.4 Å². The predicted octanol–water partition coefficient (Wildman–Crippen LogP) is 3.35. The zero-order chi connectivity index (χ0) is 17.4. The maximum atomic E-state index is 13.3. The van der Waals surface area contributed by atoms with Crippen molar-refractivity contribution in [3.05, 3.63) is 70.7 Å². The van der Waals surface area contributed by atoms with Crippen LogP contribution in [0.15, 0.2) is 65.0 Å². The molecule has 3 heterocycles. The Labute approximate surface area is 151 Å². The van der Waals surface area contributed by atoms with Crippen LogP contribution in [0.5, 0.6) is 5.75 Å². The zero-order valence-electron chi connectivity index (χ0n) is 13.7. The second-order valence-corrected chi connectivity index (χ2v) is 8.71. The summed E-state index contributed by atoms with van der Waals surface area (Å²) in [5.41, 5.74) is 1.01. The van der Waals surface area contributed by atoms with Crippen molar-refractivity contribution in [3.63, 3.8) is 0 Å². The average molecular weight is 374 g/mol. The van der Waals surface area contributed by atoms with E-state index in [9.17, 15) is 8.42 Å². The van der Waals surface area contributed by atoms with Gasteiger partial charge in [0.2, 0.25) is 10.0 Å². The van der Waals surface area contributed by atoms with E-state index < -0.39 is 10.0 Å². The highest BCUT2D eigenvalue weighted by molar-refractivity contribution is 7.89. The van der Waals surface area contributed by atoms with Crippen LogP contribution in [0.25, 0.3) is 0 Å². The van der Waals surface area contributed by atoms with Crippen molar-refractivity contribution in [1.29, 1.82) is 0 Å². The van der Waals surface area contributed by atoms with E-state index in [1.54, 1.807) is 47.0 Å². The number of nitrogens with zero attached hydrogens (tertiary/aromatic N) is 2. The van der Waals surface area contributed by atoms with Gasteiger partial charge in [-0.15, -0.1) is 11.3 Å². The molecule has 5 nitrogen and oxygen atoms in total. The molecule has 1 aliphatic rings. The lowest BCUT2D eigenvalue weighted by molar-refractivity contribution is 0.301. The summed E-state index contributed by atoms with van der Waals surface area (Å²) in [4.78, 5) is 1.31. The number of thiophene rings is 1. The molecule has 0 saturated carbocycles. The number of fused-ring (bicyclic) bond motifs is 1. The van der Waals surface area contributed by atoms with Crippen LogP contribution in [0.4, 0.5) is 0 Å². The first-order valence-corrected chi connectivity index (χ1v) is 10.3. The predicted molar refractivity (Wildman–Crippen MR) is 97.5 cm³/mol. The number of methoxy groups -OCH3 is 1. The van der Waals surface area contributed by atoms with Crippen LogP contribution in [-0.4, -0.2) is 30.9 Å². The van der Waals surface area contributed by atoms with Gasteiger partial charge in [-0.05, 0) is 47.8 Å². The molecule has 2 aromatic heterocycles. The minimum atomic E-state index is -3.61. The van der Waals surface area contributed by atoms with E-state index in [1.165, 1.54) is 0 Å². The Morgan fingerprint density at radius 1 is 1.08 bits per heavy atom. The van der Waals surface area contributed by atoms with Gasteiger partial charge in [-0.25, -0.2) is 8.42 Å². The van der Waals surface area contributed by atoms with Gasteiger partial charge in [-0.2, -0.15) is 4.31 Å². The third-order valence-electron chi connectivity index (χ3n) is 4.47. The second-order valence-electron chi connectivity index (χ2n) is 5.84. The fourth-order valence-corrected chi connectivity index (χ4v) is 5.73. The molecule has 0 amide bonds. The van der Waals surface area contributed by atoms with Gasteiger partial charge in [0, 0.05) is 29.9 Å². The van der Waals surface area contributed by atoms with Crippen LogP contribution in [0, 0.1) is 0 Å². The van der Waals surface area contributed by atoms with Crippen molar-refractivity contribution in [2.75, 3.05) is 13.7 Å². The largest absolute Gasteiger partial charge is 0.497 e. The molecule has 0 fully saturated rings. The summed E-state index contributed by atoms with van der Waals surface area (Å²) >= 11 is 1.58. The molecule has 1 unspecified atom stereocenters. The highest BCUT2D eigenvalue weighted by Crippen LogP contribution is 2.38. The summed E-state index contributed by atoms with van der Waals surface area (Å²) in [6.45, 7) is 1.10. The maximum Gasteiger partial charge on any atom is 0.244 e. The van der Waals surface area contributed by atoms with Crippen LogP contribution in [0.1, 0.15) is 16.6 Å². The molecule has 130 valence electrons. The number of ether oxygens (including phenoxy) is 1. The number of sulfonamides is 1. The van der Waals surface area contributed by atoms with Crippen molar-refractivity contribution < 1.29 is 13.2 Å². The number of hydrogen-bond donors (Lipinski definition) is 0. The molecule has 25 heavy (non-hydrogen) atoms. The standard InChI is InChI=1S/C18H18N2O3S2/c1-23-14-6-8-15(9-7-14)25(21,22)20-12-11-19-10-2-4-16(19)18(20)17-5-3-13-24-17/h2-10,13,18H,11-12H2,1H3. The van der Waals surface area contributed by atoms with E-state index in [-0.39, 0.29) is 10.9 Å². The SMILES string of the molecule is COc1ccc(S(=O)(=O)N2CCn3cccc3C2c2cccs2)cc1. The number of aromatic nitrogens is 1. The first-order chi connectivity index (χ1) is 12.1. The van der Waals surface area contributed by atoms with E-state index in [0.717, 1.165) is 10.6 Å². The van der Waals surface area contributed by atoms with E-state index in [2.05, 4.69) is 4.57 Å². The van der Waals surface area contributed by atoms with E-state index in [0.29, 0.717) is 18.8 Å². The maximum absolute atomic E-state index is 13.3. The van der Waals surface area contributed by atoms with Gasteiger partial charge in [-0.3, -0.25) is 0 Å². The molecule has 1 aromatic carbocycles. The highest BCUT2D eigenvalue weighted by atomic mass is 32.2. The Morgan fingerprint density at radius 3 is 2.56 bits per heavy atom. The number of benzene rings is 1. The molecule has 0 spiro atoms. The van der Waals surface area contributed by atoms with Crippen molar-refractivity contribution in [2.24, 2.45) is 0 Å². The van der Waals surface area contributed by atoms with Gasteiger partial charge in [-0.1, -0.05) is 6.07 Å². The summed E-state index contributed by atoms with van der Waals surface area (Å²) in [6, 6.07) is 14.2. The van der Waals surface area contributed by atoms with Gasteiger partial charge >= 0.3 is 0 Å². The van der Waals surface area contributed by atoms with Gasteiger partial charge in [0.15, 0.2) is 0 Å². The first kappa shape index (κ1) is 16.4. The summed E-state index contributed by atoms with van der Waals surface area (Å²) in [5, 5.41) is 1.98. The van der Waals surface area contributed by atoms with Crippen LogP contribution in [-0.2, 0) is 16.6 Å². The molecule has 1 atom stereocenters. The lowest BCUT2D eigenvalue weighted by Gasteiger charge is -2.35. The molecule has 0 bridgehead atoms. The summed E-state index contributed by atoms with van der Waals surface area (Å²) < 4.78 is 35.5. The zero-order valence-corrected chi connectivity index (χ0v) is 15.3. The first-order valence-electron chi connectivity index (χ1n) is 7.95. The minimum Gasteiger partial charge on any atom is -0.497 e. The third kappa shape index (κ3) is 2.78. The molecule has 1 aliphatic heterocycles. The Hall–Kier alpha value is -2.09. The molecule has 0 N–H and O–H groups in total. The molecule has 0 saturated heterocycles. The summed E-state index contributed by atoms with van der Waals surface area (Å²) in [5.74, 6) is 0.640. The normalized spacial score (nSPS) is 18.0. The van der Waals surface area contributed by atoms with Crippen LogP contribution in [0.2, 0.25) is 0 Å². The fraction of sp³-hybridized carbons (Fsp3) is 0.222. The average Bonchev–Trinajstić information content (AvgIpc) is 3.32. The number of hydrogen-bond acceptors (Lipinski definition) is 4. The van der Waals surface area contributed by atoms with E-state index in [4.69, 9.17) is 4.74 Å². The lowest BCUT2D eigenvalue weighted by atomic mass is 10.1. The Kier molecular flexibility index (Phi) is 4.15. The fourth-order valence-electron chi connectivity index (χ4n) is 3.24. The summed E-state index contributed by atoms with van der Waals surface area (Å²) in [7, 11) is -2.05. The molecule has 7 heteroatoms. The van der Waals surface area contributed by atoms with Crippen LogP contribution < -0.4 is 4.74 Å². The Bertz CT molecular complexity index is 960. The summed E-state index contributed by atoms with van der Waals surface area (Å²) in [6.07, 6.45) is 2.01. The van der Waals surface area contributed by atoms with E-state index in [1.807, 2.05) is 35.8 Å². The quantitative estimate of drug-likeness (QED) is 0.704. The van der Waals surface area contributed by atoms with Gasteiger partial charge in [0.1, 0.15) is 5.75 Å². The van der Waals surface area contributed by atoms with E-state index >= 15 is 0 Å². The lowest BCUT2D eigenvalue weighted by Crippen LogP contribution is -2.42. The van der Waals surface area contributed by atoms with Crippen LogP contribution >= 0.6 is 11.3 Å². The van der Waals surface area contributed by atoms with Crippen LogP contribution in [0.3, 0.4) is 0 Å². The topological polar surface area (TPSA) is 51.5 Å². The monoisotopic (exact) mass is 374 g/mol. The Balaban J connectivity index is 1.79. The molecule has 0 aliphatic carbocycles. The molecular formula is C18H18N2O3S2. The molecular weight excluding hydrogens is 356 g/mol. The molecule has 3 aromatic rings. The van der Waals surface area contributed by atoms with Crippen molar-refractivity contribution in [1.82, 2.24) is 8.87 Å². The minimum absolute atomic E-state index is 0.287. The molecule has 4 rings (SSSR count). The van der Waals surface area contributed by atoms with Crippen molar-refractivity contribution in [3.8, 4) is 5.75 Å². The van der Waals surface area contributed by atoms with Gasteiger partial charge in [0.05, 0.1) is 18.0 Å². The smallest absolute Gasteiger partial charge is 0.244 e.